The van der Waals surface area contributed by atoms with Gasteiger partial charge in [-0.2, -0.15) is 0 Å². The summed E-state index contributed by atoms with van der Waals surface area (Å²) in [7, 11) is 0. The first kappa shape index (κ1) is 29.6. The van der Waals surface area contributed by atoms with Crippen molar-refractivity contribution < 1.29 is 59.8 Å². The Balaban J connectivity index is -0.000000346. The average Bonchev–Trinajstić information content (AvgIpc) is 2.50. The maximum Gasteiger partial charge on any atom is 4.00 e. The van der Waals surface area contributed by atoms with Gasteiger partial charge in [0.05, 0.1) is 0 Å². The minimum atomic E-state index is 0. The van der Waals surface area contributed by atoms with Crippen molar-refractivity contribution in [1.29, 1.82) is 0 Å². The summed E-state index contributed by atoms with van der Waals surface area (Å²) >= 11 is 0. The van der Waals surface area contributed by atoms with Gasteiger partial charge in [-0.05, 0) is 38.8 Å². The van der Waals surface area contributed by atoms with Crippen molar-refractivity contribution in [3.05, 3.63) is 69.3 Å². The normalized spacial score (nSPS) is 8.56. The van der Waals surface area contributed by atoms with E-state index in [0.29, 0.717) is 0 Å². The predicted octanol–water partition coefficient (Wildman–Crippen LogP) is 0.663. The maximum absolute atomic E-state index is 4.37. The van der Waals surface area contributed by atoms with Gasteiger partial charge >= 0.3 is 25.8 Å². The van der Waals surface area contributed by atoms with E-state index in [1.54, 1.807) is 0 Å². The number of halogens is 2. The van der Waals surface area contributed by atoms with E-state index in [-0.39, 0.29) is 59.8 Å². The summed E-state index contributed by atoms with van der Waals surface area (Å²) in [6, 6.07) is 12.5. The van der Waals surface area contributed by atoms with Gasteiger partial charge in [-0.25, -0.2) is 0 Å². The van der Waals surface area contributed by atoms with Gasteiger partial charge in [-0.3, -0.25) is 0 Å². The molecule has 0 unspecified atom stereocenters. The van der Waals surface area contributed by atoms with E-state index in [1.807, 2.05) is 0 Å². The van der Waals surface area contributed by atoms with Gasteiger partial charge in [0, 0.05) is 0 Å². The number of benzene rings is 2. The Labute approximate surface area is 193 Å². The molecule has 2 rings (SSSR count). The van der Waals surface area contributed by atoms with Crippen molar-refractivity contribution >= 4 is 11.4 Å². The molecule has 0 aromatic heterocycles. The molecule has 0 saturated heterocycles. The smallest absolute Gasteiger partial charge is 1.00 e. The molecule has 25 heavy (non-hydrogen) atoms. The van der Waals surface area contributed by atoms with E-state index >= 15 is 0 Å². The Bertz CT molecular complexity index is 551. The van der Waals surface area contributed by atoms with Crippen molar-refractivity contribution in [3.8, 4) is 0 Å². The quantitative estimate of drug-likeness (QED) is 0.443. The van der Waals surface area contributed by atoms with Gasteiger partial charge in [-0.15, -0.1) is 24.5 Å². The van der Waals surface area contributed by atoms with Crippen LogP contribution in [-0.2, 0) is 25.8 Å². The summed E-state index contributed by atoms with van der Waals surface area (Å²) in [5.41, 5.74) is 7.50. The molecule has 0 aliphatic rings. The molecular formula is C20H28Br2HfN2. The SMILES string of the molecule is CC[N-]c1cccc(C)c1C.CC[N-]c1cccc(C)c1C.[Br-].[Br-].[Hf+4]. The van der Waals surface area contributed by atoms with E-state index in [1.165, 1.54) is 22.3 Å². The number of hydrogen-bond donors (Lipinski definition) is 0. The van der Waals surface area contributed by atoms with Crippen LogP contribution in [0.25, 0.3) is 10.6 Å². The summed E-state index contributed by atoms with van der Waals surface area (Å²) in [5, 5.41) is 8.73. The fourth-order valence-electron chi connectivity index (χ4n) is 2.15. The zero-order valence-electron chi connectivity index (χ0n) is 16.0. The minimum absolute atomic E-state index is 0. The molecule has 2 aromatic carbocycles. The molecule has 2 nitrogen and oxygen atoms in total. The Morgan fingerprint density at radius 1 is 0.640 bits per heavy atom. The molecular weight excluding hydrogens is 607 g/mol. The van der Waals surface area contributed by atoms with Crippen molar-refractivity contribution in [2.75, 3.05) is 13.1 Å². The molecule has 0 radical (unpaired) electrons. The molecule has 0 atom stereocenters. The first-order chi connectivity index (χ1) is 10.5. The van der Waals surface area contributed by atoms with Crippen molar-refractivity contribution in [1.82, 2.24) is 0 Å². The van der Waals surface area contributed by atoms with E-state index in [4.69, 9.17) is 0 Å². The summed E-state index contributed by atoms with van der Waals surface area (Å²) in [6.45, 7) is 14.3. The van der Waals surface area contributed by atoms with Crippen LogP contribution in [0.4, 0.5) is 11.4 Å². The summed E-state index contributed by atoms with van der Waals surface area (Å²) in [6.07, 6.45) is 0. The number of aryl methyl sites for hydroxylation is 2. The van der Waals surface area contributed by atoms with Crippen LogP contribution >= 0.6 is 0 Å². The van der Waals surface area contributed by atoms with Crippen LogP contribution in [0.2, 0.25) is 0 Å². The Morgan fingerprint density at radius 3 is 1.24 bits per heavy atom. The van der Waals surface area contributed by atoms with Crippen LogP contribution < -0.4 is 34.0 Å². The monoisotopic (exact) mass is 634 g/mol. The van der Waals surface area contributed by atoms with Gasteiger partial charge in [-0.1, -0.05) is 61.4 Å². The van der Waals surface area contributed by atoms with Gasteiger partial charge in [0.25, 0.3) is 0 Å². The standard InChI is InChI=1S/2C10H14N.2BrH.Hf/c2*1-4-11-10-7-5-6-8(2)9(10)3;;;/h2*5-7H,4H2,1-3H3;2*1H;/q2*-1;;;+4/p-2. The summed E-state index contributed by atoms with van der Waals surface area (Å²) < 4.78 is 0. The zero-order valence-corrected chi connectivity index (χ0v) is 22.8. The van der Waals surface area contributed by atoms with Crippen molar-refractivity contribution in [2.45, 2.75) is 41.5 Å². The van der Waals surface area contributed by atoms with Gasteiger partial charge in [0.15, 0.2) is 0 Å². The van der Waals surface area contributed by atoms with E-state index in [0.717, 1.165) is 24.5 Å². The molecule has 0 aliphatic heterocycles. The van der Waals surface area contributed by atoms with Crippen LogP contribution in [0.15, 0.2) is 36.4 Å². The zero-order chi connectivity index (χ0) is 16.5. The molecule has 0 fully saturated rings. The fourth-order valence-corrected chi connectivity index (χ4v) is 2.15. The molecule has 0 aliphatic carbocycles. The molecule has 0 amide bonds. The Kier molecular flexibility index (Phi) is 19.0. The first-order valence-electron chi connectivity index (χ1n) is 7.98. The third-order valence-corrected chi connectivity index (χ3v) is 3.81. The molecule has 0 heterocycles. The van der Waals surface area contributed by atoms with Crippen LogP contribution in [-0.4, -0.2) is 13.1 Å². The van der Waals surface area contributed by atoms with Crippen molar-refractivity contribution in [3.63, 3.8) is 0 Å². The third-order valence-electron chi connectivity index (χ3n) is 3.81. The van der Waals surface area contributed by atoms with Crippen LogP contribution in [0, 0.1) is 27.7 Å². The van der Waals surface area contributed by atoms with Crippen molar-refractivity contribution in [2.24, 2.45) is 0 Å². The molecule has 136 valence electrons. The minimum Gasteiger partial charge on any atom is -1.00 e. The fraction of sp³-hybridized carbons (Fsp3) is 0.400. The summed E-state index contributed by atoms with van der Waals surface area (Å²) in [5.74, 6) is 0. The average molecular weight is 635 g/mol. The second-order valence-electron chi connectivity index (χ2n) is 5.39. The molecule has 0 N–H and O–H groups in total. The predicted molar refractivity (Wildman–Crippen MR) is 99.0 cm³/mol. The van der Waals surface area contributed by atoms with Crippen LogP contribution in [0.3, 0.4) is 0 Å². The molecule has 5 heteroatoms. The third kappa shape index (κ3) is 9.95. The van der Waals surface area contributed by atoms with Crippen LogP contribution in [0.1, 0.15) is 36.1 Å². The van der Waals surface area contributed by atoms with Gasteiger partial charge in [0.1, 0.15) is 0 Å². The Hall–Kier alpha value is -0.130. The topological polar surface area (TPSA) is 28.2 Å². The first-order valence-corrected chi connectivity index (χ1v) is 7.98. The maximum atomic E-state index is 4.37. The summed E-state index contributed by atoms with van der Waals surface area (Å²) in [4.78, 5) is 0. The number of nitrogens with zero attached hydrogens (tertiary/aromatic N) is 2. The molecule has 0 saturated carbocycles. The van der Waals surface area contributed by atoms with E-state index in [2.05, 4.69) is 88.6 Å². The van der Waals surface area contributed by atoms with Gasteiger partial charge in [0.2, 0.25) is 0 Å². The molecule has 0 bridgehead atoms. The van der Waals surface area contributed by atoms with E-state index in [9.17, 15) is 0 Å². The Morgan fingerprint density at radius 2 is 0.960 bits per heavy atom. The molecule has 2 aromatic rings. The number of rotatable bonds is 4. The second kappa shape index (κ2) is 16.1. The second-order valence-corrected chi connectivity index (χ2v) is 5.39. The van der Waals surface area contributed by atoms with E-state index < -0.39 is 0 Å². The largest absolute Gasteiger partial charge is 4.00 e. The number of hydrogen-bond acceptors (Lipinski definition) is 0. The van der Waals surface area contributed by atoms with Gasteiger partial charge < -0.3 is 44.6 Å². The van der Waals surface area contributed by atoms with Crippen LogP contribution in [0.5, 0.6) is 0 Å². The molecule has 0 spiro atoms.